The molecule has 3 aromatic rings. The first-order valence-electron chi connectivity index (χ1n) is 15.5. The van der Waals surface area contributed by atoms with Crippen LogP contribution in [0.4, 0.5) is 10.5 Å². The van der Waals surface area contributed by atoms with Crippen molar-refractivity contribution in [2.75, 3.05) is 18.4 Å². The van der Waals surface area contributed by atoms with Crippen LogP contribution in [0, 0.1) is 0 Å². The number of hydrogen-bond donors (Lipinski definition) is 1. The van der Waals surface area contributed by atoms with Crippen molar-refractivity contribution < 1.29 is 23.9 Å². The zero-order chi connectivity index (χ0) is 34.1. The number of unbranched alkanes of at least 4 members (excludes halogenated alkanes) is 3. The van der Waals surface area contributed by atoms with E-state index in [2.05, 4.69) is 17.2 Å². The molecule has 0 aliphatic heterocycles. The molecule has 4 rings (SSSR count). The number of carbonyl (C=O) groups is 4. The number of allylic oxidation sites excluding steroid dienone is 3. The van der Waals surface area contributed by atoms with Crippen LogP contribution in [0.25, 0.3) is 17.1 Å². The van der Waals surface area contributed by atoms with Crippen molar-refractivity contribution in [3.63, 3.8) is 0 Å². The van der Waals surface area contributed by atoms with Gasteiger partial charge in [-0.3, -0.25) is 38.4 Å². The van der Waals surface area contributed by atoms with Gasteiger partial charge in [-0.1, -0.05) is 62.6 Å². The summed E-state index contributed by atoms with van der Waals surface area (Å²) in [4.78, 5) is 84.7. The maximum atomic E-state index is 14.1. The first-order valence-corrected chi connectivity index (χ1v) is 15.5. The van der Waals surface area contributed by atoms with Crippen LogP contribution in [0.5, 0.6) is 0 Å². The van der Waals surface area contributed by atoms with Crippen LogP contribution in [0.2, 0.25) is 0 Å². The molecule has 1 aromatic carbocycles. The molecule has 0 atom stereocenters. The summed E-state index contributed by atoms with van der Waals surface area (Å²) in [5, 5.41) is 2.43. The van der Waals surface area contributed by atoms with Gasteiger partial charge in [0.1, 0.15) is 23.7 Å². The first-order chi connectivity index (χ1) is 22.4. The van der Waals surface area contributed by atoms with Crippen molar-refractivity contribution in [3.8, 4) is 11.4 Å². The minimum atomic E-state index is -0.858. The molecule has 246 valence electrons. The van der Waals surface area contributed by atoms with E-state index in [9.17, 15) is 28.8 Å². The SMILES string of the molecule is CCCCCCN(CC1=C(n2ccccc2=O)C=CC(=O)C1=O)C(=O)Cn1c(-c2ccccc2)ncc(NC(=O)OC(C)(C)C)c1=O. The third-order valence-electron chi connectivity index (χ3n) is 7.27. The number of ketones is 2. The maximum absolute atomic E-state index is 14.1. The molecule has 0 saturated carbocycles. The molecule has 0 bridgehead atoms. The van der Waals surface area contributed by atoms with E-state index in [1.807, 2.05) is 0 Å². The van der Waals surface area contributed by atoms with E-state index in [0.29, 0.717) is 12.0 Å². The second-order valence-corrected chi connectivity index (χ2v) is 12.1. The standard InChI is InChI=1S/C35H39N5O7/c1-5-6-7-12-19-38(22-25-27(17-18-28(41)31(25)44)39-20-13-11-16-29(39)42)30(43)23-40-32(24-14-9-8-10-15-24)36-21-26(33(40)45)37-34(46)47-35(2,3)4/h8-11,13-18,20-21H,5-7,12,19,22-23H2,1-4H3,(H,37,46). The number of amides is 2. The van der Waals surface area contributed by atoms with Gasteiger partial charge in [0.25, 0.3) is 11.1 Å². The summed E-state index contributed by atoms with van der Waals surface area (Å²) in [6.45, 7) is 6.58. The number of rotatable bonds is 12. The number of nitrogens with one attached hydrogen (secondary N) is 1. The number of nitrogens with zero attached hydrogens (tertiary/aromatic N) is 4. The Morgan fingerprint density at radius 2 is 1.66 bits per heavy atom. The number of carbonyl (C=O) groups excluding carboxylic acids is 4. The first kappa shape index (κ1) is 34.5. The summed E-state index contributed by atoms with van der Waals surface area (Å²) >= 11 is 0. The largest absolute Gasteiger partial charge is 0.444 e. The molecular weight excluding hydrogens is 602 g/mol. The van der Waals surface area contributed by atoms with E-state index in [-0.39, 0.29) is 35.9 Å². The summed E-state index contributed by atoms with van der Waals surface area (Å²) in [7, 11) is 0. The molecule has 2 aromatic heterocycles. The molecule has 1 aliphatic rings. The lowest BCUT2D eigenvalue weighted by Gasteiger charge is -2.27. The van der Waals surface area contributed by atoms with E-state index >= 15 is 0 Å². The minimum absolute atomic E-state index is 0.0104. The fourth-order valence-corrected chi connectivity index (χ4v) is 5.00. The highest BCUT2D eigenvalue weighted by molar-refractivity contribution is 6.50. The number of Topliss-reactive ketones (excluding diaryl/α,β-unsaturated/α-hetero) is 1. The van der Waals surface area contributed by atoms with E-state index in [4.69, 9.17) is 4.74 Å². The Hall–Kier alpha value is -5.39. The molecule has 0 saturated heterocycles. The molecular formula is C35H39N5O7. The van der Waals surface area contributed by atoms with Crippen molar-refractivity contribution in [2.24, 2.45) is 0 Å². The number of pyridine rings is 1. The third kappa shape index (κ3) is 8.87. The minimum Gasteiger partial charge on any atom is -0.444 e. The Morgan fingerprint density at radius 1 is 0.936 bits per heavy atom. The normalized spacial score (nSPS) is 13.1. The molecule has 0 fully saturated rings. The Kier molecular flexibility index (Phi) is 11.2. The van der Waals surface area contributed by atoms with Gasteiger partial charge in [-0.25, -0.2) is 9.78 Å². The molecule has 0 unspecified atom stereocenters. The van der Waals surface area contributed by atoms with Crippen molar-refractivity contribution in [3.05, 3.63) is 99.4 Å². The monoisotopic (exact) mass is 641 g/mol. The highest BCUT2D eigenvalue weighted by atomic mass is 16.6. The van der Waals surface area contributed by atoms with Crippen molar-refractivity contribution >= 4 is 35.0 Å². The summed E-state index contributed by atoms with van der Waals surface area (Å²) < 4.78 is 7.71. The van der Waals surface area contributed by atoms with Crippen LogP contribution >= 0.6 is 0 Å². The molecule has 12 nitrogen and oxygen atoms in total. The van der Waals surface area contributed by atoms with E-state index < -0.39 is 46.8 Å². The fraction of sp³-hybridized carbons (Fsp3) is 0.343. The smallest absolute Gasteiger partial charge is 0.412 e. The second kappa shape index (κ2) is 15.3. The molecule has 1 aliphatic carbocycles. The van der Waals surface area contributed by atoms with Gasteiger partial charge >= 0.3 is 6.09 Å². The molecule has 0 radical (unpaired) electrons. The number of anilines is 1. The quantitative estimate of drug-likeness (QED) is 0.173. The van der Waals surface area contributed by atoms with E-state index in [0.717, 1.165) is 29.9 Å². The maximum Gasteiger partial charge on any atom is 0.412 e. The van der Waals surface area contributed by atoms with Crippen LogP contribution in [0.3, 0.4) is 0 Å². The van der Waals surface area contributed by atoms with Crippen molar-refractivity contribution in [2.45, 2.75) is 65.5 Å². The zero-order valence-corrected chi connectivity index (χ0v) is 27.0. The number of ether oxygens (including phenoxy) is 1. The average molecular weight is 642 g/mol. The lowest BCUT2D eigenvalue weighted by atomic mass is 9.98. The van der Waals surface area contributed by atoms with E-state index in [1.54, 1.807) is 63.2 Å². The highest BCUT2D eigenvalue weighted by Crippen LogP contribution is 2.21. The summed E-state index contributed by atoms with van der Waals surface area (Å²) in [6, 6.07) is 13.3. The number of hydrogen-bond acceptors (Lipinski definition) is 8. The Bertz CT molecular complexity index is 1830. The van der Waals surface area contributed by atoms with Crippen LogP contribution in [0.1, 0.15) is 53.4 Å². The lowest BCUT2D eigenvalue weighted by Crippen LogP contribution is -2.41. The van der Waals surface area contributed by atoms with Gasteiger partial charge < -0.3 is 9.64 Å². The second-order valence-electron chi connectivity index (χ2n) is 12.1. The molecule has 12 heteroatoms. The molecule has 1 N–H and O–H groups in total. The molecule has 0 spiro atoms. The molecule has 2 amide bonds. The fourth-order valence-electron chi connectivity index (χ4n) is 5.00. The van der Waals surface area contributed by atoms with Gasteiger partial charge in [-0.15, -0.1) is 0 Å². The highest BCUT2D eigenvalue weighted by Gasteiger charge is 2.29. The third-order valence-corrected chi connectivity index (χ3v) is 7.27. The predicted molar refractivity (Wildman–Crippen MR) is 178 cm³/mol. The van der Waals surface area contributed by atoms with Crippen LogP contribution < -0.4 is 16.4 Å². The Morgan fingerprint density at radius 3 is 2.34 bits per heavy atom. The predicted octanol–water partition coefficient (Wildman–Crippen LogP) is 4.45. The molecule has 2 heterocycles. The lowest BCUT2D eigenvalue weighted by molar-refractivity contribution is -0.133. The van der Waals surface area contributed by atoms with Gasteiger partial charge in [0.2, 0.25) is 17.5 Å². The topological polar surface area (TPSA) is 150 Å². The molecule has 47 heavy (non-hydrogen) atoms. The van der Waals surface area contributed by atoms with Gasteiger partial charge in [0.15, 0.2) is 0 Å². The van der Waals surface area contributed by atoms with Gasteiger partial charge in [-0.05, 0) is 45.4 Å². The van der Waals surface area contributed by atoms with Crippen molar-refractivity contribution in [1.29, 1.82) is 0 Å². The average Bonchev–Trinajstić information content (AvgIpc) is 3.02. The number of benzene rings is 1. The van der Waals surface area contributed by atoms with Gasteiger partial charge in [-0.2, -0.15) is 0 Å². The summed E-state index contributed by atoms with van der Waals surface area (Å²) in [5.74, 6) is -1.93. The van der Waals surface area contributed by atoms with Gasteiger partial charge in [0.05, 0.1) is 18.4 Å². The zero-order valence-electron chi connectivity index (χ0n) is 27.0. The summed E-state index contributed by atoms with van der Waals surface area (Å²) in [6.07, 6.45) is 7.63. The van der Waals surface area contributed by atoms with Gasteiger partial charge in [0, 0.05) is 29.9 Å². The van der Waals surface area contributed by atoms with Crippen LogP contribution in [-0.2, 0) is 25.7 Å². The van der Waals surface area contributed by atoms with Crippen LogP contribution in [-0.4, -0.2) is 61.3 Å². The van der Waals surface area contributed by atoms with Crippen LogP contribution in [0.15, 0.2) is 88.2 Å². The van der Waals surface area contributed by atoms with E-state index in [1.165, 1.54) is 34.0 Å². The summed E-state index contributed by atoms with van der Waals surface area (Å²) in [5.41, 5.74) is -1.36. The number of aromatic nitrogens is 3. The van der Waals surface area contributed by atoms with Crippen molar-refractivity contribution in [1.82, 2.24) is 19.0 Å². The Labute approximate surface area is 272 Å². The Balaban J connectivity index is 1.76.